The number of aromatic nitrogens is 2. The molecule has 132 valence electrons. The molecule has 1 amide bonds. The molecule has 0 saturated heterocycles. The van der Waals surface area contributed by atoms with Crippen LogP contribution in [0.1, 0.15) is 32.0 Å². The minimum Gasteiger partial charge on any atom is -0.462 e. The van der Waals surface area contributed by atoms with E-state index in [1.807, 2.05) is 31.2 Å². The Bertz CT molecular complexity index is 1110. The summed E-state index contributed by atoms with van der Waals surface area (Å²) in [4.78, 5) is 34.5. The van der Waals surface area contributed by atoms with E-state index in [1.54, 1.807) is 6.92 Å². The van der Waals surface area contributed by atoms with Crippen molar-refractivity contribution in [2.24, 2.45) is 0 Å². The monoisotopic (exact) mass is 403 g/mol. The van der Waals surface area contributed by atoms with E-state index >= 15 is 0 Å². The first-order valence-corrected chi connectivity index (χ1v) is 10.3. The number of hydrogen-bond acceptors (Lipinski definition) is 8. The lowest BCUT2D eigenvalue weighted by atomic mass is 10.3. The molecule has 6 nitrogen and oxygen atoms in total. The van der Waals surface area contributed by atoms with Crippen LogP contribution in [0.15, 0.2) is 24.3 Å². The molecule has 0 fully saturated rings. The number of amides is 1. The fraction of sp³-hybridized carbons (Fsp3) is 0.176. The molecule has 0 bridgehead atoms. The Labute approximate surface area is 160 Å². The van der Waals surface area contributed by atoms with Gasteiger partial charge in [-0.3, -0.25) is 10.1 Å². The van der Waals surface area contributed by atoms with Crippen LogP contribution >= 0.6 is 34.0 Å². The normalized spacial score (nSPS) is 11.2. The lowest BCUT2D eigenvalue weighted by Crippen LogP contribution is -2.11. The van der Waals surface area contributed by atoms with Crippen LogP contribution in [0.4, 0.5) is 5.13 Å². The molecule has 4 rings (SSSR count). The Morgan fingerprint density at radius 3 is 2.69 bits per heavy atom. The van der Waals surface area contributed by atoms with E-state index in [-0.39, 0.29) is 11.9 Å². The SMILES string of the molecule is CCOC(=O)c1sc2nc(NC(=O)c3nc4ccccc4s3)sc2c1C. The zero-order valence-electron chi connectivity index (χ0n) is 13.9. The summed E-state index contributed by atoms with van der Waals surface area (Å²) in [6.07, 6.45) is 0. The van der Waals surface area contributed by atoms with Crippen molar-refractivity contribution in [3.8, 4) is 0 Å². The minimum absolute atomic E-state index is 0.282. The van der Waals surface area contributed by atoms with E-state index in [2.05, 4.69) is 15.3 Å². The maximum atomic E-state index is 12.5. The molecule has 0 aliphatic heterocycles. The summed E-state index contributed by atoms with van der Waals surface area (Å²) in [6.45, 7) is 3.97. The Morgan fingerprint density at radius 1 is 1.15 bits per heavy atom. The number of nitrogens with one attached hydrogen (secondary N) is 1. The van der Waals surface area contributed by atoms with Gasteiger partial charge in [-0.05, 0) is 31.5 Å². The molecule has 26 heavy (non-hydrogen) atoms. The molecule has 1 aromatic carbocycles. The average molecular weight is 404 g/mol. The molecule has 3 aromatic heterocycles. The lowest BCUT2D eigenvalue weighted by Gasteiger charge is -1.99. The van der Waals surface area contributed by atoms with Crippen LogP contribution in [-0.4, -0.2) is 28.5 Å². The molecule has 0 aliphatic rings. The predicted molar refractivity (Wildman–Crippen MR) is 106 cm³/mol. The highest BCUT2D eigenvalue weighted by atomic mass is 32.1. The number of para-hydroxylation sites is 1. The van der Waals surface area contributed by atoms with Gasteiger partial charge in [-0.15, -0.1) is 22.7 Å². The standard InChI is InChI=1S/C17H13N3O3S3/c1-3-23-16(22)12-8(2)11-14(25-12)20-17(26-11)19-13(21)15-18-9-6-4-5-7-10(9)24-15/h4-7H,3H2,1-2H3,(H,19,20,21). The summed E-state index contributed by atoms with van der Waals surface area (Å²) >= 11 is 3.97. The molecule has 0 unspecified atom stereocenters. The van der Waals surface area contributed by atoms with Crippen molar-refractivity contribution in [1.82, 2.24) is 9.97 Å². The third-order valence-electron chi connectivity index (χ3n) is 3.65. The number of benzene rings is 1. The first-order chi connectivity index (χ1) is 12.6. The van der Waals surface area contributed by atoms with Crippen molar-refractivity contribution in [2.75, 3.05) is 11.9 Å². The quantitative estimate of drug-likeness (QED) is 0.499. The summed E-state index contributed by atoms with van der Waals surface area (Å²) in [6, 6.07) is 7.62. The molecule has 3 heterocycles. The van der Waals surface area contributed by atoms with Gasteiger partial charge in [0, 0.05) is 0 Å². The summed E-state index contributed by atoms with van der Waals surface area (Å²) in [7, 11) is 0. The zero-order valence-corrected chi connectivity index (χ0v) is 16.3. The summed E-state index contributed by atoms with van der Waals surface area (Å²) in [5.74, 6) is -0.615. The smallest absolute Gasteiger partial charge is 0.348 e. The Balaban J connectivity index is 1.59. The Kier molecular flexibility index (Phi) is 4.43. The van der Waals surface area contributed by atoms with Crippen LogP contribution in [0.2, 0.25) is 0 Å². The van der Waals surface area contributed by atoms with Crippen molar-refractivity contribution >= 4 is 70.8 Å². The van der Waals surface area contributed by atoms with Gasteiger partial charge in [0.2, 0.25) is 0 Å². The van der Waals surface area contributed by atoms with Crippen molar-refractivity contribution in [2.45, 2.75) is 13.8 Å². The summed E-state index contributed by atoms with van der Waals surface area (Å²) < 4.78 is 6.91. The van der Waals surface area contributed by atoms with Crippen LogP contribution in [0.25, 0.3) is 19.7 Å². The number of rotatable bonds is 4. The molecular formula is C17H13N3O3S3. The number of hydrogen-bond donors (Lipinski definition) is 1. The number of nitrogens with zero attached hydrogens (tertiary/aromatic N) is 2. The minimum atomic E-state index is -0.333. The number of fused-ring (bicyclic) bond motifs is 2. The van der Waals surface area contributed by atoms with Gasteiger partial charge in [0.25, 0.3) is 5.91 Å². The Hall–Kier alpha value is -2.36. The fourth-order valence-electron chi connectivity index (χ4n) is 2.45. The third-order valence-corrected chi connectivity index (χ3v) is 7.07. The van der Waals surface area contributed by atoms with Crippen molar-refractivity contribution in [3.63, 3.8) is 0 Å². The van der Waals surface area contributed by atoms with Crippen LogP contribution in [0, 0.1) is 6.92 Å². The number of esters is 1. The highest BCUT2D eigenvalue weighted by Gasteiger charge is 2.21. The van der Waals surface area contributed by atoms with Crippen molar-refractivity contribution < 1.29 is 14.3 Å². The van der Waals surface area contributed by atoms with Gasteiger partial charge in [0.15, 0.2) is 10.1 Å². The third kappa shape index (κ3) is 2.98. The number of carbonyl (C=O) groups is 2. The number of aryl methyl sites for hydroxylation is 1. The molecule has 0 saturated carbocycles. The van der Waals surface area contributed by atoms with E-state index in [4.69, 9.17) is 4.74 Å². The van der Waals surface area contributed by atoms with Crippen LogP contribution in [0.3, 0.4) is 0 Å². The van der Waals surface area contributed by atoms with E-state index in [0.717, 1.165) is 25.3 Å². The van der Waals surface area contributed by atoms with Crippen LogP contribution in [0.5, 0.6) is 0 Å². The molecular weight excluding hydrogens is 390 g/mol. The van der Waals surface area contributed by atoms with Gasteiger partial charge in [0.1, 0.15) is 9.71 Å². The Morgan fingerprint density at radius 2 is 1.96 bits per heavy atom. The number of anilines is 1. The molecule has 0 aliphatic carbocycles. The summed E-state index contributed by atoms with van der Waals surface area (Å²) in [5.41, 5.74) is 1.64. The van der Waals surface area contributed by atoms with Gasteiger partial charge in [0.05, 0.1) is 21.5 Å². The van der Waals surface area contributed by atoms with Crippen molar-refractivity contribution in [1.29, 1.82) is 0 Å². The largest absolute Gasteiger partial charge is 0.462 e. The number of ether oxygens (including phenoxy) is 1. The van der Waals surface area contributed by atoms with Crippen molar-refractivity contribution in [3.05, 3.63) is 39.7 Å². The number of thiophene rings is 1. The first-order valence-electron chi connectivity index (χ1n) is 7.80. The molecule has 9 heteroatoms. The highest BCUT2D eigenvalue weighted by molar-refractivity contribution is 7.30. The summed E-state index contributed by atoms with van der Waals surface area (Å²) in [5, 5.41) is 3.69. The maximum Gasteiger partial charge on any atom is 0.348 e. The van der Waals surface area contributed by atoms with E-state index in [9.17, 15) is 9.59 Å². The molecule has 4 aromatic rings. The highest BCUT2D eigenvalue weighted by Crippen LogP contribution is 2.37. The van der Waals surface area contributed by atoms with E-state index in [1.165, 1.54) is 34.0 Å². The zero-order chi connectivity index (χ0) is 18.3. The topological polar surface area (TPSA) is 81.2 Å². The van der Waals surface area contributed by atoms with Gasteiger partial charge < -0.3 is 4.74 Å². The predicted octanol–water partition coefficient (Wildman–Crippen LogP) is 4.70. The first kappa shape index (κ1) is 17.1. The number of thiazole rings is 2. The maximum absolute atomic E-state index is 12.5. The molecule has 0 atom stereocenters. The average Bonchev–Trinajstić information content (AvgIpc) is 3.29. The fourth-order valence-corrected chi connectivity index (χ4v) is 5.52. The van der Waals surface area contributed by atoms with Gasteiger partial charge in [-0.1, -0.05) is 23.5 Å². The van der Waals surface area contributed by atoms with E-state index in [0.29, 0.717) is 21.6 Å². The van der Waals surface area contributed by atoms with Crippen LogP contribution < -0.4 is 5.32 Å². The molecule has 1 N–H and O–H groups in total. The van der Waals surface area contributed by atoms with Gasteiger partial charge >= 0.3 is 5.97 Å². The van der Waals surface area contributed by atoms with Gasteiger partial charge in [-0.25, -0.2) is 14.8 Å². The van der Waals surface area contributed by atoms with E-state index < -0.39 is 0 Å². The van der Waals surface area contributed by atoms with Gasteiger partial charge in [-0.2, -0.15) is 0 Å². The second-order valence-corrected chi connectivity index (χ2v) is 8.40. The second kappa shape index (κ2) is 6.75. The van der Waals surface area contributed by atoms with Crippen LogP contribution in [-0.2, 0) is 4.74 Å². The second-order valence-electron chi connectivity index (χ2n) is 5.37. The molecule has 0 radical (unpaired) electrons. The molecule has 0 spiro atoms. The lowest BCUT2D eigenvalue weighted by molar-refractivity contribution is 0.0531. The number of carbonyl (C=O) groups excluding carboxylic acids is 2.